The van der Waals surface area contributed by atoms with E-state index in [0.717, 1.165) is 5.56 Å². The Balaban J connectivity index is 2.33. The van der Waals surface area contributed by atoms with Gasteiger partial charge in [-0.15, -0.1) is 0 Å². The van der Waals surface area contributed by atoms with Crippen LogP contribution in [0.4, 0.5) is 11.5 Å². The summed E-state index contributed by atoms with van der Waals surface area (Å²) < 4.78 is 5.42. The van der Waals surface area contributed by atoms with Gasteiger partial charge in [0.15, 0.2) is 0 Å². The molecule has 0 aliphatic rings. The molecular formula is C11H10N4O3. The van der Waals surface area contributed by atoms with Crippen molar-refractivity contribution in [1.82, 2.24) is 9.97 Å². The molecule has 2 N–H and O–H groups in total. The first-order valence-corrected chi connectivity index (χ1v) is 5.06. The summed E-state index contributed by atoms with van der Waals surface area (Å²) in [6.07, 6.45) is 2.77. The minimum atomic E-state index is -0.489. The number of hydrogen-bond acceptors (Lipinski definition) is 6. The maximum atomic E-state index is 10.7. The Bertz CT molecular complexity index is 601. The Kier molecular flexibility index (Phi) is 3.05. The third kappa shape index (κ3) is 2.51. The Morgan fingerprint density at radius 2 is 2.17 bits per heavy atom. The van der Waals surface area contributed by atoms with E-state index < -0.39 is 4.92 Å². The van der Waals surface area contributed by atoms with Crippen LogP contribution in [-0.2, 0) is 0 Å². The number of hydrogen-bond donors (Lipinski definition) is 1. The number of nitro benzene ring substituents is 1. The number of nitro groups is 1. The highest BCUT2D eigenvalue weighted by atomic mass is 16.6. The minimum absolute atomic E-state index is 0.0486. The molecule has 0 bridgehead atoms. The van der Waals surface area contributed by atoms with Gasteiger partial charge >= 0.3 is 0 Å². The molecule has 0 spiro atoms. The van der Waals surface area contributed by atoms with Crippen LogP contribution >= 0.6 is 0 Å². The van der Waals surface area contributed by atoms with Gasteiger partial charge in [-0.05, 0) is 18.6 Å². The summed E-state index contributed by atoms with van der Waals surface area (Å²) in [5.41, 5.74) is 6.17. The third-order valence-corrected chi connectivity index (χ3v) is 2.23. The zero-order valence-corrected chi connectivity index (χ0v) is 9.53. The van der Waals surface area contributed by atoms with E-state index in [9.17, 15) is 10.1 Å². The zero-order chi connectivity index (χ0) is 13.1. The standard InChI is InChI=1S/C11H10N4O3/c1-7-2-3-8(15(16)17)4-9(7)18-11-6-13-5-10(12)14-11/h2-6H,1H3,(H2,12,14). The second-order valence-corrected chi connectivity index (χ2v) is 3.59. The van der Waals surface area contributed by atoms with E-state index in [0.29, 0.717) is 5.75 Å². The number of aromatic nitrogens is 2. The molecule has 2 aromatic rings. The smallest absolute Gasteiger partial charge is 0.273 e. The summed E-state index contributed by atoms with van der Waals surface area (Å²) in [7, 11) is 0. The van der Waals surface area contributed by atoms with Gasteiger partial charge in [0.05, 0.1) is 23.4 Å². The Hall–Kier alpha value is -2.70. The first kappa shape index (κ1) is 11.8. The molecule has 92 valence electrons. The number of anilines is 1. The summed E-state index contributed by atoms with van der Waals surface area (Å²) in [5.74, 6) is 0.762. The minimum Gasteiger partial charge on any atom is -0.437 e. The molecule has 0 radical (unpaired) electrons. The summed E-state index contributed by atoms with van der Waals surface area (Å²) in [4.78, 5) is 17.9. The molecule has 0 amide bonds. The van der Waals surface area contributed by atoms with Crippen molar-refractivity contribution in [3.8, 4) is 11.6 Å². The van der Waals surface area contributed by atoms with Gasteiger partial charge in [-0.1, -0.05) is 0 Å². The van der Waals surface area contributed by atoms with Crippen LogP contribution < -0.4 is 10.5 Å². The summed E-state index contributed by atoms with van der Waals surface area (Å²) in [6.45, 7) is 1.78. The average Bonchev–Trinajstić information content (AvgIpc) is 2.31. The van der Waals surface area contributed by atoms with E-state index in [-0.39, 0.29) is 17.4 Å². The van der Waals surface area contributed by atoms with E-state index in [2.05, 4.69) is 9.97 Å². The van der Waals surface area contributed by atoms with Gasteiger partial charge in [-0.2, -0.15) is 4.98 Å². The highest BCUT2D eigenvalue weighted by Gasteiger charge is 2.11. The fraction of sp³-hybridized carbons (Fsp3) is 0.0909. The van der Waals surface area contributed by atoms with Crippen LogP contribution in [0.2, 0.25) is 0 Å². The fourth-order valence-corrected chi connectivity index (χ4v) is 1.34. The van der Waals surface area contributed by atoms with Crippen molar-refractivity contribution >= 4 is 11.5 Å². The summed E-state index contributed by atoms with van der Waals surface area (Å²) in [5, 5.41) is 10.7. The number of aryl methyl sites for hydroxylation is 1. The lowest BCUT2D eigenvalue weighted by Gasteiger charge is -2.07. The molecule has 0 aliphatic heterocycles. The molecule has 7 nitrogen and oxygen atoms in total. The Morgan fingerprint density at radius 3 is 2.83 bits per heavy atom. The highest BCUT2D eigenvalue weighted by molar-refractivity contribution is 5.45. The number of non-ortho nitro benzene ring substituents is 1. The number of ether oxygens (including phenoxy) is 1. The SMILES string of the molecule is Cc1ccc([N+](=O)[O-])cc1Oc1cncc(N)n1. The molecule has 2 rings (SSSR count). The average molecular weight is 246 g/mol. The van der Waals surface area contributed by atoms with E-state index in [1.807, 2.05) is 0 Å². The van der Waals surface area contributed by atoms with Crippen LogP contribution in [0.3, 0.4) is 0 Å². The predicted molar refractivity (Wildman–Crippen MR) is 64.4 cm³/mol. The van der Waals surface area contributed by atoms with Crippen molar-refractivity contribution in [2.24, 2.45) is 0 Å². The summed E-state index contributed by atoms with van der Waals surface area (Å²) >= 11 is 0. The maximum absolute atomic E-state index is 10.7. The van der Waals surface area contributed by atoms with E-state index in [1.54, 1.807) is 13.0 Å². The van der Waals surface area contributed by atoms with Crippen molar-refractivity contribution in [2.75, 3.05) is 5.73 Å². The van der Waals surface area contributed by atoms with Crippen LogP contribution in [0, 0.1) is 17.0 Å². The molecule has 0 saturated heterocycles. The number of benzene rings is 1. The van der Waals surface area contributed by atoms with Crippen LogP contribution in [0.5, 0.6) is 11.6 Å². The van der Waals surface area contributed by atoms with Crippen molar-refractivity contribution in [1.29, 1.82) is 0 Å². The number of nitrogen functional groups attached to an aromatic ring is 1. The molecule has 0 saturated carbocycles. The van der Waals surface area contributed by atoms with Gasteiger partial charge in [-0.3, -0.25) is 15.1 Å². The van der Waals surface area contributed by atoms with Crippen LogP contribution in [0.15, 0.2) is 30.6 Å². The van der Waals surface area contributed by atoms with Gasteiger partial charge in [0.1, 0.15) is 11.6 Å². The normalized spacial score (nSPS) is 10.1. The third-order valence-electron chi connectivity index (χ3n) is 2.23. The monoisotopic (exact) mass is 246 g/mol. The van der Waals surface area contributed by atoms with Gasteiger partial charge in [0.25, 0.3) is 5.69 Å². The predicted octanol–water partition coefficient (Wildman–Crippen LogP) is 2.07. The Morgan fingerprint density at radius 1 is 1.39 bits per heavy atom. The van der Waals surface area contributed by atoms with E-state index >= 15 is 0 Å². The molecule has 1 heterocycles. The molecule has 1 aromatic heterocycles. The first-order chi connectivity index (χ1) is 8.56. The van der Waals surface area contributed by atoms with Crippen molar-refractivity contribution in [3.63, 3.8) is 0 Å². The molecule has 0 fully saturated rings. The van der Waals surface area contributed by atoms with Crippen molar-refractivity contribution in [3.05, 3.63) is 46.3 Å². The molecule has 7 heteroatoms. The maximum Gasteiger partial charge on any atom is 0.273 e. The van der Waals surface area contributed by atoms with Crippen LogP contribution in [0.1, 0.15) is 5.56 Å². The van der Waals surface area contributed by atoms with Gasteiger partial charge in [-0.25, -0.2) is 0 Å². The van der Waals surface area contributed by atoms with Crippen molar-refractivity contribution < 1.29 is 9.66 Å². The largest absolute Gasteiger partial charge is 0.437 e. The molecule has 18 heavy (non-hydrogen) atoms. The van der Waals surface area contributed by atoms with E-state index in [1.165, 1.54) is 24.5 Å². The fourth-order valence-electron chi connectivity index (χ4n) is 1.34. The molecule has 1 aromatic carbocycles. The second kappa shape index (κ2) is 4.66. The Labute approximate surface area is 102 Å². The number of rotatable bonds is 3. The number of nitrogens with two attached hydrogens (primary N) is 1. The first-order valence-electron chi connectivity index (χ1n) is 5.06. The highest BCUT2D eigenvalue weighted by Crippen LogP contribution is 2.27. The lowest BCUT2D eigenvalue weighted by Crippen LogP contribution is -1.96. The van der Waals surface area contributed by atoms with Gasteiger partial charge in [0, 0.05) is 6.07 Å². The number of nitrogens with zero attached hydrogens (tertiary/aromatic N) is 3. The lowest BCUT2D eigenvalue weighted by atomic mass is 10.2. The van der Waals surface area contributed by atoms with E-state index in [4.69, 9.17) is 10.5 Å². The summed E-state index contributed by atoms with van der Waals surface area (Å²) in [6, 6.07) is 4.35. The van der Waals surface area contributed by atoms with Gasteiger partial charge in [0.2, 0.25) is 5.88 Å². The molecule has 0 unspecified atom stereocenters. The molecular weight excluding hydrogens is 236 g/mol. The van der Waals surface area contributed by atoms with Crippen molar-refractivity contribution in [2.45, 2.75) is 6.92 Å². The second-order valence-electron chi connectivity index (χ2n) is 3.59. The quantitative estimate of drug-likeness (QED) is 0.656. The van der Waals surface area contributed by atoms with Crippen LogP contribution in [0.25, 0.3) is 0 Å². The molecule has 0 atom stereocenters. The molecule has 0 aliphatic carbocycles. The topological polar surface area (TPSA) is 104 Å². The van der Waals surface area contributed by atoms with Gasteiger partial charge < -0.3 is 10.5 Å². The zero-order valence-electron chi connectivity index (χ0n) is 9.53. The van der Waals surface area contributed by atoms with Crippen LogP contribution in [-0.4, -0.2) is 14.9 Å². The lowest BCUT2D eigenvalue weighted by molar-refractivity contribution is -0.384.